The molecule has 1 N–H and O–H groups in total. The van der Waals surface area contributed by atoms with Crippen LogP contribution >= 0.6 is 12.4 Å². The van der Waals surface area contributed by atoms with Gasteiger partial charge in [-0.25, -0.2) is 0 Å². The van der Waals surface area contributed by atoms with Gasteiger partial charge in [0.25, 0.3) is 0 Å². The van der Waals surface area contributed by atoms with Gasteiger partial charge >= 0.3 is 6.18 Å². The van der Waals surface area contributed by atoms with E-state index >= 15 is 0 Å². The van der Waals surface area contributed by atoms with Crippen molar-refractivity contribution in [2.75, 3.05) is 18.5 Å². The molecule has 2 rings (SSSR count). The van der Waals surface area contributed by atoms with E-state index in [4.69, 9.17) is 4.74 Å². The van der Waals surface area contributed by atoms with Gasteiger partial charge < -0.3 is 10.1 Å². The third-order valence-electron chi connectivity index (χ3n) is 1.98. The van der Waals surface area contributed by atoms with Crippen LogP contribution in [0, 0.1) is 0 Å². The third kappa shape index (κ3) is 2.47. The number of fused-ring (bicyclic) bond motifs is 1. The van der Waals surface area contributed by atoms with Gasteiger partial charge in [0.2, 0.25) is 0 Å². The molecule has 0 saturated carbocycles. The average molecular weight is 240 g/mol. The van der Waals surface area contributed by atoms with Crippen molar-refractivity contribution in [3.05, 3.63) is 23.8 Å². The van der Waals surface area contributed by atoms with Crippen LogP contribution < -0.4 is 10.1 Å². The number of ether oxygens (including phenoxy) is 1. The van der Waals surface area contributed by atoms with Gasteiger partial charge in [-0.05, 0) is 18.2 Å². The summed E-state index contributed by atoms with van der Waals surface area (Å²) in [4.78, 5) is 0. The second kappa shape index (κ2) is 4.18. The van der Waals surface area contributed by atoms with E-state index in [1.54, 1.807) is 0 Å². The first kappa shape index (κ1) is 12.0. The lowest BCUT2D eigenvalue weighted by Crippen LogP contribution is -2.18. The van der Waals surface area contributed by atoms with Gasteiger partial charge in [0.15, 0.2) is 0 Å². The van der Waals surface area contributed by atoms with E-state index in [9.17, 15) is 13.2 Å². The second-order valence-electron chi connectivity index (χ2n) is 2.98. The van der Waals surface area contributed by atoms with Crippen molar-refractivity contribution in [3.63, 3.8) is 0 Å². The van der Waals surface area contributed by atoms with Gasteiger partial charge in [0.1, 0.15) is 12.4 Å². The maximum atomic E-state index is 12.3. The van der Waals surface area contributed by atoms with Crippen molar-refractivity contribution < 1.29 is 17.9 Å². The lowest BCUT2D eigenvalue weighted by atomic mass is 10.1. The van der Waals surface area contributed by atoms with Crippen molar-refractivity contribution in [3.8, 4) is 5.75 Å². The van der Waals surface area contributed by atoms with E-state index in [0.29, 0.717) is 24.6 Å². The summed E-state index contributed by atoms with van der Waals surface area (Å²) >= 11 is 0. The van der Waals surface area contributed by atoms with E-state index in [1.807, 2.05) is 0 Å². The van der Waals surface area contributed by atoms with Crippen molar-refractivity contribution >= 4 is 18.1 Å². The summed E-state index contributed by atoms with van der Waals surface area (Å²) in [6.45, 7) is 1.02. The fourth-order valence-corrected chi connectivity index (χ4v) is 1.32. The molecule has 0 aromatic heterocycles. The summed E-state index contributed by atoms with van der Waals surface area (Å²) in [6.07, 6.45) is -4.30. The van der Waals surface area contributed by atoms with Gasteiger partial charge in [-0.1, -0.05) is 0 Å². The monoisotopic (exact) mass is 239 g/mol. The zero-order valence-electron chi connectivity index (χ0n) is 7.60. The van der Waals surface area contributed by atoms with Crippen molar-refractivity contribution in [1.82, 2.24) is 0 Å². The van der Waals surface area contributed by atoms with E-state index in [-0.39, 0.29) is 12.4 Å². The molecule has 0 bridgehead atoms. The van der Waals surface area contributed by atoms with E-state index in [0.717, 1.165) is 12.1 Å². The van der Waals surface area contributed by atoms with E-state index in [1.165, 1.54) is 6.07 Å². The first-order valence-corrected chi connectivity index (χ1v) is 4.15. The summed E-state index contributed by atoms with van der Waals surface area (Å²) in [5.41, 5.74) is -0.250. The lowest BCUT2D eigenvalue weighted by molar-refractivity contribution is -0.137. The van der Waals surface area contributed by atoms with Gasteiger partial charge in [0.05, 0.1) is 11.3 Å². The zero-order valence-corrected chi connectivity index (χ0v) is 8.41. The molecule has 0 spiro atoms. The summed E-state index contributed by atoms with van der Waals surface area (Å²) in [5.74, 6) is 0.476. The molecule has 1 aromatic rings. The highest BCUT2D eigenvalue weighted by molar-refractivity contribution is 5.85. The molecule has 0 aliphatic carbocycles. The van der Waals surface area contributed by atoms with Crippen LogP contribution in [0.3, 0.4) is 0 Å². The Morgan fingerprint density at radius 3 is 2.67 bits per heavy atom. The Bertz CT molecular complexity index is 354. The van der Waals surface area contributed by atoms with Crippen LogP contribution in [-0.2, 0) is 6.18 Å². The predicted molar refractivity (Wildman–Crippen MR) is 52.7 cm³/mol. The fourth-order valence-electron chi connectivity index (χ4n) is 1.32. The molecule has 15 heavy (non-hydrogen) atoms. The van der Waals surface area contributed by atoms with Gasteiger partial charge in [-0.3, -0.25) is 0 Å². The number of anilines is 1. The van der Waals surface area contributed by atoms with Crippen LogP contribution in [0.1, 0.15) is 5.56 Å². The Hall–Kier alpha value is -1.10. The molecule has 0 amide bonds. The smallest absolute Gasteiger partial charge is 0.416 e. The number of benzene rings is 1. The first-order chi connectivity index (χ1) is 6.57. The van der Waals surface area contributed by atoms with Crippen molar-refractivity contribution in [2.24, 2.45) is 0 Å². The Morgan fingerprint density at radius 1 is 1.27 bits per heavy atom. The minimum Gasteiger partial charge on any atom is -0.490 e. The number of halogens is 4. The number of nitrogens with one attached hydrogen (secondary N) is 1. The van der Waals surface area contributed by atoms with Crippen molar-refractivity contribution in [2.45, 2.75) is 6.18 Å². The fraction of sp³-hybridized carbons (Fsp3) is 0.333. The molecule has 2 nitrogen and oxygen atoms in total. The molecule has 0 unspecified atom stereocenters. The maximum Gasteiger partial charge on any atom is 0.416 e. The second-order valence-corrected chi connectivity index (χ2v) is 2.98. The lowest BCUT2D eigenvalue weighted by Gasteiger charge is -2.20. The largest absolute Gasteiger partial charge is 0.490 e. The minimum atomic E-state index is -4.30. The van der Waals surface area contributed by atoms with E-state index in [2.05, 4.69) is 5.32 Å². The Labute approximate surface area is 90.8 Å². The van der Waals surface area contributed by atoms with Crippen LogP contribution in [-0.4, -0.2) is 13.2 Å². The molecule has 1 aliphatic rings. The topological polar surface area (TPSA) is 21.3 Å². The van der Waals surface area contributed by atoms with Gasteiger partial charge in [-0.15, -0.1) is 12.4 Å². The highest BCUT2D eigenvalue weighted by atomic mass is 35.5. The standard InChI is InChI=1S/C9H8F3NO.ClH/c10-9(11,12)6-1-2-8-7(5-6)13-3-4-14-8;/h1-2,5,13H,3-4H2;1H. The maximum absolute atomic E-state index is 12.3. The summed E-state index contributed by atoms with van der Waals surface area (Å²) in [6, 6.07) is 3.42. The predicted octanol–water partition coefficient (Wildman–Crippen LogP) is 2.93. The Kier molecular flexibility index (Phi) is 3.34. The number of rotatable bonds is 0. The highest BCUT2D eigenvalue weighted by Gasteiger charge is 2.31. The van der Waals surface area contributed by atoms with E-state index < -0.39 is 11.7 Å². The third-order valence-corrected chi connectivity index (χ3v) is 1.98. The molecule has 0 saturated heterocycles. The summed E-state index contributed by atoms with van der Waals surface area (Å²) in [7, 11) is 0. The molecular weight excluding hydrogens is 231 g/mol. The molecule has 6 heteroatoms. The molecule has 1 aliphatic heterocycles. The normalized spacial score (nSPS) is 14.3. The molecule has 84 valence electrons. The first-order valence-electron chi connectivity index (χ1n) is 4.15. The average Bonchev–Trinajstić information content (AvgIpc) is 2.16. The number of hydrogen-bond acceptors (Lipinski definition) is 2. The van der Waals surface area contributed by atoms with Crippen LogP contribution in [0.2, 0.25) is 0 Å². The molecule has 0 fully saturated rings. The SMILES string of the molecule is Cl.FC(F)(F)c1ccc2c(c1)NCCO2. The molecule has 1 aromatic carbocycles. The number of hydrogen-bond donors (Lipinski definition) is 1. The Morgan fingerprint density at radius 2 is 2.00 bits per heavy atom. The summed E-state index contributed by atoms with van der Waals surface area (Å²) < 4.78 is 42.0. The van der Waals surface area contributed by atoms with Crippen LogP contribution in [0.25, 0.3) is 0 Å². The zero-order chi connectivity index (χ0) is 10.2. The van der Waals surface area contributed by atoms with Crippen LogP contribution in [0.4, 0.5) is 18.9 Å². The molecule has 0 atom stereocenters. The number of alkyl halides is 3. The van der Waals surface area contributed by atoms with Crippen LogP contribution in [0.15, 0.2) is 18.2 Å². The highest BCUT2D eigenvalue weighted by Crippen LogP contribution is 2.35. The van der Waals surface area contributed by atoms with Crippen molar-refractivity contribution in [1.29, 1.82) is 0 Å². The molecular formula is C9H9ClF3NO. The van der Waals surface area contributed by atoms with Crippen LogP contribution in [0.5, 0.6) is 5.75 Å². The minimum absolute atomic E-state index is 0. The summed E-state index contributed by atoms with van der Waals surface area (Å²) in [5, 5.41) is 2.85. The quantitative estimate of drug-likeness (QED) is 0.752. The molecule has 1 heterocycles. The van der Waals surface area contributed by atoms with Gasteiger partial charge in [-0.2, -0.15) is 13.2 Å². The van der Waals surface area contributed by atoms with Gasteiger partial charge in [0, 0.05) is 6.54 Å². The molecule has 0 radical (unpaired) electrons. The Balaban J connectivity index is 0.00000112.